The summed E-state index contributed by atoms with van der Waals surface area (Å²) in [5.41, 5.74) is 1.14. The molecule has 92 valence electrons. The van der Waals surface area contributed by atoms with E-state index in [0.29, 0.717) is 11.1 Å². The van der Waals surface area contributed by atoms with Gasteiger partial charge in [-0.2, -0.15) is 0 Å². The number of aldehydes is 1. The van der Waals surface area contributed by atoms with Crippen LogP contribution in [0.4, 0.5) is 4.39 Å². The first kappa shape index (κ1) is 12.2. The van der Waals surface area contributed by atoms with Crippen LogP contribution in [0.25, 0.3) is 0 Å². The van der Waals surface area contributed by atoms with E-state index in [1.165, 1.54) is 12.1 Å². The van der Waals surface area contributed by atoms with E-state index in [9.17, 15) is 9.18 Å². The minimum atomic E-state index is -0.235. The number of hydrogen-bond donors (Lipinski definition) is 1. The van der Waals surface area contributed by atoms with Crippen LogP contribution in [0.5, 0.6) is 0 Å². The standard InChI is InChI=1S/C13H17FN2O/c1-10(16-6-4-15-5-7-16)12-8-11(9-17)2-3-13(12)14/h2-3,8-10,15H,4-7H2,1H3. The van der Waals surface area contributed by atoms with Crippen LogP contribution >= 0.6 is 0 Å². The van der Waals surface area contributed by atoms with Gasteiger partial charge in [0, 0.05) is 43.3 Å². The summed E-state index contributed by atoms with van der Waals surface area (Å²) in [6, 6.07) is 4.54. The Morgan fingerprint density at radius 3 is 2.76 bits per heavy atom. The molecule has 1 aromatic carbocycles. The summed E-state index contributed by atoms with van der Waals surface area (Å²) < 4.78 is 13.8. The molecular weight excluding hydrogens is 219 g/mol. The minimum absolute atomic E-state index is 0.0111. The summed E-state index contributed by atoms with van der Waals surface area (Å²) in [5.74, 6) is -0.235. The summed E-state index contributed by atoms with van der Waals surface area (Å²) >= 11 is 0. The van der Waals surface area contributed by atoms with E-state index < -0.39 is 0 Å². The van der Waals surface area contributed by atoms with Gasteiger partial charge in [0.15, 0.2) is 0 Å². The average molecular weight is 236 g/mol. The van der Waals surface area contributed by atoms with E-state index in [2.05, 4.69) is 10.2 Å². The fraction of sp³-hybridized carbons (Fsp3) is 0.462. The van der Waals surface area contributed by atoms with Gasteiger partial charge >= 0.3 is 0 Å². The molecule has 1 heterocycles. The molecule has 1 aromatic rings. The molecule has 0 radical (unpaired) electrons. The number of benzene rings is 1. The maximum Gasteiger partial charge on any atom is 0.150 e. The fourth-order valence-corrected chi connectivity index (χ4v) is 2.22. The number of piperazine rings is 1. The Morgan fingerprint density at radius 2 is 2.12 bits per heavy atom. The topological polar surface area (TPSA) is 32.3 Å². The van der Waals surface area contributed by atoms with E-state index in [0.717, 1.165) is 32.5 Å². The van der Waals surface area contributed by atoms with Crippen molar-refractivity contribution in [1.82, 2.24) is 10.2 Å². The highest BCUT2D eigenvalue weighted by Crippen LogP contribution is 2.23. The van der Waals surface area contributed by atoms with Crippen molar-refractivity contribution in [2.75, 3.05) is 26.2 Å². The highest BCUT2D eigenvalue weighted by atomic mass is 19.1. The van der Waals surface area contributed by atoms with Crippen molar-refractivity contribution in [3.8, 4) is 0 Å². The molecule has 3 nitrogen and oxygen atoms in total. The maximum atomic E-state index is 13.8. The first-order valence-electron chi connectivity index (χ1n) is 5.92. The third-order valence-electron chi connectivity index (χ3n) is 3.31. The number of halogens is 1. The lowest BCUT2D eigenvalue weighted by Crippen LogP contribution is -2.44. The molecule has 0 aromatic heterocycles. The molecule has 17 heavy (non-hydrogen) atoms. The van der Waals surface area contributed by atoms with Crippen LogP contribution in [0.2, 0.25) is 0 Å². The van der Waals surface area contributed by atoms with E-state index in [1.807, 2.05) is 6.92 Å². The Kier molecular flexibility index (Phi) is 3.86. The van der Waals surface area contributed by atoms with Gasteiger partial charge in [-0.1, -0.05) is 0 Å². The van der Waals surface area contributed by atoms with Gasteiger partial charge in [0.1, 0.15) is 12.1 Å². The van der Waals surface area contributed by atoms with Crippen molar-refractivity contribution in [3.05, 3.63) is 35.1 Å². The molecule has 0 saturated carbocycles. The number of hydrogen-bond acceptors (Lipinski definition) is 3. The molecule has 1 saturated heterocycles. The Labute approximate surface area is 101 Å². The smallest absolute Gasteiger partial charge is 0.150 e. The SMILES string of the molecule is CC(c1cc(C=O)ccc1F)N1CCNCC1. The molecule has 1 atom stereocenters. The van der Waals surface area contributed by atoms with Crippen LogP contribution in [-0.4, -0.2) is 37.4 Å². The van der Waals surface area contributed by atoms with Gasteiger partial charge in [0.05, 0.1) is 0 Å². The average Bonchev–Trinajstić information content (AvgIpc) is 2.39. The quantitative estimate of drug-likeness (QED) is 0.809. The molecule has 0 bridgehead atoms. The Balaban J connectivity index is 2.22. The highest BCUT2D eigenvalue weighted by molar-refractivity contribution is 5.75. The van der Waals surface area contributed by atoms with Crippen molar-refractivity contribution in [1.29, 1.82) is 0 Å². The minimum Gasteiger partial charge on any atom is -0.314 e. The van der Waals surface area contributed by atoms with Crippen LogP contribution in [0.1, 0.15) is 28.9 Å². The maximum absolute atomic E-state index is 13.8. The van der Waals surface area contributed by atoms with Crippen LogP contribution in [0.15, 0.2) is 18.2 Å². The van der Waals surface area contributed by atoms with E-state index in [-0.39, 0.29) is 11.9 Å². The van der Waals surface area contributed by atoms with Crippen LogP contribution in [0.3, 0.4) is 0 Å². The van der Waals surface area contributed by atoms with Gasteiger partial charge in [0.25, 0.3) is 0 Å². The second-order valence-electron chi connectivity index (χ2n) is 4.36. The van der Waals surface area contributed by atoms with Crippen LogP contribution < -0.4 is 5.32 Å². The molecule has 2 rings (SSSR count). The van der Waals surface area contributed by atoms with E-state index in [4.69, 9.17) is 0 Å². The summed E-state index contributed by atoms with van der Waals surface area (Å²) in [6.07, 6.45) is 0.757. The zero-order valence-corrected chi connectivity index (χ0v) is 9.95. The Hall–Kier alpha value is -1.26. The number of nitrogens with zero attached hydrogens (tertiary/aromatic N) is 1. The zero-order valence-electron chi connectivity index (χ0n) is 9.95. The molecule has 1 fully saturated rings. The summed E-state index contributed by atoms with van der Waals surface area (Å²) in [6.45, 7) is 5.66. The molecule has 0 amide bonds. The molecular formula is C13H17FN2O. The van der Waals surface area contributed by atoms with Gasteiger partial charge in [-0.25, -0.2) is 4.39 Å². The number of nitrogens with one attached hydrogen (secondary N) is 1. The van der Waals surface area contributed by atoms with Crippen molar-refractivity contribution in [2.24, 2.45) is 0 Å². The predicted octanol–water partition coefficient (Wildman–Crippen LogP) is 1.60. The summed E-state index contributed by atoms with van der Waals surface area (Å²) in [5, 5.41) is 3.27. The molecule has 1 unspecified atom stereocenters. The summed E-state index contributed by atoms with van der Waals surface area (Å²) in [4.78, 5) is 12.9. The van der Waals surface area contributed by atoms with Crippen LogP contribution in [0, 0.1) is 5.82 Å². The molecule has 0 spiro atoms. The fourth-order valence-electron chi connectivity index (χ4n) is 2.22. The van der Waals surface area contributed by atoms with Crippen LogP contribution in [-0.2, 0) is 0 Å². The molecule has 4 heteroatoms. The van der Waals surface area contributed by atoms with Crippen molar-refractivity contribution < 1.29 is 9.18 Å². The first-order chi connectivity index (χ1) is 8.22. The van der Waals surface area contributed by atoms with Crippen molar-refractivity contribution in [2.45, 2.75) is 13.0 Å². The highest BCUT2D eigenvalue weighted by Gasteiger charge is 2.20. The van der Waals surface area contributed by atoms with Crippen molar-refractivity contribution in [3.63, 3.8) is 0 Å². The lowest BCUT2D eigenvalue weighted by molar-refractivity contribution is 0.112. The monoisotopic (exact) mass is 236 g/mol. The van der Waals surface area contributed by atoms with Gasteiger partial charge in [-0.3, -0.25) is 9.69 Å². The zero-order chi connectivity index (χ0) is 12.3. The van der Waals surface area contributed by atoms with Gasteiger partial charge < -0.3 is 5.32 Å². The number of carbonyl (C=O) groups excluding carboxylic acids is 1. The van der Waals surface area contributed by atoms with Gasteiger partial charge in [-0.05, 0) is 25.1 Å². The third-order valence-corrected chi connectivity index (χ3v) is 3.31. The molecule has 1 aliphatic heterocycles. The lowest BCUT2D eigenvalue weighted by Gasteiger charge is -2.33. The molecule has 1 aliphatic rings. The van der Waals surface area contributed by atoms with Gasteiger partial charge in [0.2, 0.25) is 0 Å². The summed E-state index contributed by atoms with van der Waals surface area (Å²) in [7, 11) is 0. The molecule has 1 N–H and O–H groups in total. The first-order valence-corrected chi connectivity index (χ1v) is 5.92. The predicted molar refractivity (Wildman–Crippen MR) is 64.6 cm³/mol. The second kappa shape index (κ2) is 5.38. The Morgan fingerprint density at radius 1 is 1.41 bits per heavy atom. The van der Waals surface area contributed by atoms with E-state index in [1.54, 1.807) is 6.07 Å². The largest absolute Gasteiger partial charge is 0.314 e. The second-order valence-corrected chi connectivity index (χ2v) is 4.36. The van der Waals surface area contributed by atoms with Crippen molar-refractivity contribution >= 4 is 6.29 Å². The molecule has 0 aliphatic carbocycles. The normalized spacial score (nSPS) is 18.9. The Bertz CT molecular complexity index is 402. The third kappa shape index (κ3) is 2.70. The van der Waals surface area contributed by atoms with E-state index >= 15 is 0 Å². The number of rotatable bonds is 3. The number of carbonyl (C=O) groups is 1. The lowest BCUT2D eigenvalue weighted by atomic mass is 10.0. The van der Waals surface area contributed by atoms with Gasteiger partial charge in [-0.15, -0.1) is 0 Å².